The number of carbonyl (C=O) groups is 1. The van der Waals surface area contributed by atoms with Crippen molar-refractivity contribution in [1.29, 1.82) is 0 Å². The number of nitrogens with one attached hydrogen (secondary N) is 1. The molecule has 0 saturated carbocycles. The summed E-state index contributed by atoms with van der Waals surface area (Å²) >= 11 is 0. The zero-order valence-corrected chi connectivity index (χ0v) is 13.2. The van der Waals surface area contributed by atoms with Gasteiger partial charge in [0.25, 0.3) is 5.91 Å². The van der Waals surface area contributed by atoms with Gasteiger partial charge in [-0.2, -0.15) is 0 Å². The normalized spacial score (nSPS) is 15.2. The number of hydrogen-bond donors (Lipinski definition) is 1. The molecule has 0 saturated heterocycles. The first-order valence-electron chi connectivity index (χ1n) is 7.21. The Morgan fingerprint density at radius 2 is 1.92 bits per heavy atom. The zero-order chi connectivity index (χ0) is 17.1. The second kappa shape index (κ2) is 6.54. The van der Waals surface area contributed by atoms with Crippen molar-refractivity contribution in [1.82, 2.24) is 5.32 Å². The van der Waals surface area contributed by atoms with Crippen LogP contribution in [0, 0.1) is 5.82 Å². The van der Waals surface area contributed by atoms with E-state index in [0.717, 1.165) is 0 Å². The number of carbonyl (C=O) groups excluding carboxylic acids is 1. The summed E-state index contributed by atoms with van der Waals surface area (Å²) in [5.41, 5.74) is 1.37. The molecular formula is C18H15FN2O3. The molecule has 0 aliphatic carbocycles. The molecule has 0 aromatic heterocycles. The third-order valence-corrected chi connectivity index (χ3v) is 3.52. The monoisotopic (exact) mass is 326 g/mol. The number of aliphatic imine (C=N–C) groups is 1. The smallest absolute Gasteiger partial charge is 0.275 e. The van der Waals surface area contributed by atoms with Crippen molar-refractivity contribution in [2.75, 3.05) is 14.2 Å². The van der Waals surface area contributed by atoms with Crippen molar-refractivity contribution >= 4 is 17.8 Å². The van der Waals surface area contributed by atoms with Gasteiger partial charge in [0.15, 0.2) is 11.5 Å². The van der Waals surface area contributed by atoms with Crippen LogP contribution in [0.1, 0.15) is 11.1 Å². The lowest BCUT2D eigenvalue weighted by Gasteiger charge is -2.09. The fourth-order valence-corrected chi connectivity index (χ4v) is 2.41. The Morgan fingerprint density at radius 1 is 1.12 bits per heavy atom. The summed E-state index contributed by atoms with van der Waals surface area (Å²) in [6, 6.07) is 11.2. The van der Waals surface area contributed by atoms with Gasteiger partial charge in [-0.1, -0.05) is 24.3 Å². The van der Waals surface area contributed by atoms with Crippen LogP contribution < -0.4 is 14.8 Å². The molecule has 2 aromatic rings. The van der Waals surface area contributed by atoms with Gasteiger partial charge in [0.1, 0.15) is 17.3 Å². The Kier molecular flexibility index (Phi) is 4.29. The largest absolute Gasteiger partial charge is 0.493 e. The van der Waals surface area contributed by atoms with Gasteiger partial charge in [0, 0.05) is 11.1 Å². The van der Waals surface area contributed by atoms with Crippen molar-refractivity contribution in [3.63, 3.8) is 0 Å². The first-order chi connectivity index (χ1) is 11.6. The van der Waals surface area contributed by atoms with E-state index in [-0.39, 0.29) is 11.6 Å². The van der Waals surface area contributed by atoms with E-state index in [4.69, 9.17) is 9.47 Å². The van der Waals surface area contributed by atoms with Crippen molar-refractivity contribution in [2.45, 2.75) is 0 Å². The van der Waals surface area contributed by atoms with Gasteiger partial charge in [-0.3, -0.25) is 4.79 Å². The van der Waals surface area contributed by atoms with Gasteiger partial charge in [-0.05, 0) is 24.3 Å². The predicted molar refractivity (Wildman–Crippen MR) is 88.6 cm³/mol. The van der Waals surface area contributed by atoms with Gasteiger partial charge in [-0.15, -0.1) is 0 Å². The molecule has 1 N–H and O–H groups in total. The molecule has 5 nitrogen and oxygen atoms in total. The fraction of sp³-hybridized carbons (Fsp3) is 0.111. The van der Waals surface area contributed by atoms with E-state index in [2.05, 4.69) is 10.3 Å². The number of benzene rings is 2. The second-order valence-corrected chi connectivity index (χ2v) is 5.04. The average Bonchev–Trinajstić information content (AvgIpc) is 2.95. The number of methoxy groups -OCH3 is 2. The van der Waals surface area contributed by atoms with E-state index in [1.807, 2.05) is 0 Å². The maximum atomic E-state index is 13.3. The number of amidine groups is 1. The number of para-hydroxylation sites is 1. The summed E-state index contributed by atoms with van der Waals surface area (Å²) in [5.74, 6) is 0.623. The van der Waals surface area contributed by atoms with Crippen LogP contribution in [-0.4, -0.2) is 26.0 Å². The van der Waals surface area contributed by atoms with Crippen LogP contribution in [0.2, 0.25) is 0 Å². The average molecular weight is 326 g/mol. The molecule has 1 aliphatic rings. The Balaban J connectivity index is 2.01. The van der Waals surface area contributed by atoms with Crippen LogP contribution in [0.3, 0.4) is 0 Å². The number of amides is 1. The van der Waals surface area contributed by atoms with Gasteiger partial charge < -0.3 is 14.8 Å². The van der Waals surface area contributed by atoms with E-state index in [0.29, 0.717) is 28.5 Å². The maximum absolute atomic E-state index is 13.3. The minimum atomic E-state index is -0.392. The van der Waals surface area contributed by atoms with Crippen molar-refractivity contribution < 1.29 is 18.7 Å². The van der Waals surface area contributed by atoms with Crippen LogP contribution in [0.5, 0.6) is 11.5 Å². The standard InChI is InChI=1S/C18H15FN2O3/c1-23-15-8-4-5-11(16(15)24-2)10-14-18(22)21-17(20-14)12-6-3-7-13(19)9-12/h3-10H,1-2H3,(H,20,21,22)/b14-10+. The Labute approximate surface area is 138 Å². The lowest BCUT2D eigenvalue weighted by atomic mass is 10.1. The molecule has 0 atom stereocenters. The highest BCUT2D eigenvalue weighted by molar-refractivity contribution is 6.19. The molecule has 24 heavy (non-hydrogen) atoms. The van der Waals surface area contributed by atoms with Crippen LogP contribution >= 0.6 is 0 Å². The second-order valence-electron chi connectivity index (χ2n) is 5.04. The van der Waals surface area contributed by atoms with Crippen LogP contribution in [0.25, 0.3) is 6.08 Å². The quantitative estimate of drug-likeness (QED) is 0.879. The summed E-state index contributed by atoms with van der Waals surface area (Å²) in [5, 5.41) is 2.64. The third kappa shape index (κ3) is 2.99. The number of nitrogens with zero attached hydrogens (tertiary/aromatic N) is 1. The van der Waals surface area contributed by atoms with Crippen molar-refractivity contribution in [2.24, 2.45) is 4.99 Å². The minimum Gasteiger partial charge on any atom is -0.493 e. The first-order valence-corrected chi connectivity index (χ1v) is 7.21. The Hall–Kier alpha value is -3.15. The van der Waals surface area contributed by atoms with Crippen LogP contribution in [0.4, 0.5) is 4.39 Å². The van der Waals surface area contributed by atoms with E-state index in [1.54, 1.807) is 36.4 Å². The molecule has 122 valence electrons. The van der Waals surface area contributed by atoms with Crippen molar-refractivity contribution in [3.8, 4) is 11.5 Å². The van der Waals surface area contributed by atoms with Gasteiger partial charge in [-0.25, -0.2) is 9.38 Å². The summed E-state index contributed by atoms with van der Waals surface area (Å²) in [6.45, 7) is 0. The summed E-state index contributed by atoms with van der Waals surface area (Å²) in [7, 11) is 3.06. The molecule has 3 rings (SSSR count). The molecule has 6 heteroatoms. The molecule has 2 aromatic carbocycles. The third-order valence-electron chi connectivity index (χ3n) is 3.52. The predicted octanol–water partition coefficient (Wildman–Crippen LogP) is 2.76. The van der Waals surface area contributed by atoms with Gasteiger partial charge in [0.05, 0.1) is 14.2 Å². The topological polar surface area (TPSA) is 59.9 Å². The number of hydrogen-bond acceptors (Lipinski definition) is 4. The number of halogens is 1. The highest BCUT2D eigenvalue weighted by atomic mass is 19.1. The molecule has 0 bridgehead atoms. The molecule has 0 fully saturated rings. The van der Waals surface area contributed by atoms with Crippen molar-refractivity contribution in [3.05, 3.63) is 65.1 Å². The summed E-state index contributed by atoms with van der Waals surface area (Å²) in [6.07, 6.45) is 1.60. The van der Waals surface area contributed by atoms with Gasteiger partial charge in [0.2, 0.25) is 0 Å². The van der Waals surface area contributed by atoms with E-state index in [1.165, 1.54) is 26.4 Å². The fourth-order valence-electron chi connectivity index (χ4n) is 2.41. The van der Waals surface area contributed by atoms with Crippen LogP contribution in [-0.2, 0) is 4.79 Å². The molecule has 1 amide bonds. The summed E-state index contributed by atoms with van der Waals surface area (Å²) in [4.78, 5) is 16.4. The van der Waals surface area contributed by atoms with E-state index in [9.17, 15) is 9.18 Å². The molecule has 0 spiro atoms. The molecular weight excluding hydrogens is 311 g/mol. The number of rotatable bonds is 4. The Morgan fingerprint density at radius 3 is 2.62 bits per heavy atom. The summed E-state index contributed by atoms with van der Waals surface area (Å²) < 4.78 is 23.9. The number of ether oxygens (including phenoxy) is 2. The van der Waals surface area contributed by atoms with E-state index >= 15 is 0 Å². The lowest BCUT2D eigenvalue weighted by molar-refractivity contribution is -0.115. The van der Waals surface area contributed by atoms with Crippen LogP contribution in [0.15, 0.2) is 53.2 Å². The highest BCUT2D eigenvalue weighted by Gasteiger charge is 2.22. The SMILES string of the molecule is COc1cccc(/C=C2/N=C(c3cccc(F)c3)NC2=O)c1OC. The lowest BCUT2D eigenvalue weighted by Crippen LogP contribution is -2.24. The van der Waals surface area contributed by atoms with E-state index < -0.39 is 5.82 Å². The zero-order valence-electron chi connectivity index (χ0n) is 13.2. The Bertz CT molecular complexity index is 859. The molecule has 0 radical (unpaired) electrons. The maximum Gasteiger partial charge on any atom is 0.275 e. The van der Waals surface area contributed by atoms with Gasteiger partial charge >= 0.3 is 0 Å². The molecule has 1 heterocycles. The molecule has 0 unspecified atom stereocenters. The minimum absolute atomic E-state index is 0.209. The highest BCUT2D eigenvalue weighted by Crippen LogP contribution is 2.32. The first kappa shape index (κ1) is 15.7. The molecule has 1 aliphatic heterocycles.